The number of nitrogens with zero attached hydrogens (tertiary/aromatic N) is 1. The van der Waals surface area contributed by atoms with E-state index in [4.69, 9.17) is 4.74 Å². The second-order valence-corrected chi connectivity index (χ2v) is 7.09. The van der Waals surface area contributed by atoms with Crippen LogP contribution in [0.4, 0.5) is 4.79 Å². The minimum atomic E-state index is 0.0122. The maximum atomic E-state index is 12.5. The van der Waals surface area contributed by atoms with Crippen LogP contribution in [-0.2, 0) is 10.2 Å². The number of rotatable bonds is 3. The highest BCUT2D eigenvalue weighted by molar-refractivity contribution is 5.74. The van der Waals surface area contributed by atoms with Crippen molar-refractivity contribution in [3.8, 4) is 0 Å². The summed E-state index contributed by atoms with van der Waals surface area (Å²) in [5.74, 6) is 0.741. The molecule has 0 radical (unpaired) electrons. The molecule has 2 fully saturated rings. The largest absolute Gasteiger partial charge is 0.381 e. The standard InChI is InChI=1S/C19H28N2O2/c1-16-7-11-21(12-8-16)18(22)20-15-19(9-13-23-14-10-19)17-5-3-2-4-6-17/h2-6,16H,7-15H2,1H3,(H,20,22). The number of benzene rings is 1. The van der Waals surface area contributed by atoms with E-state index in [1.807, 2.05) is 11.0 Å². The van der Waals surface area contributed by atoms with Gasteiger partial charge in [0.1, 0.15) is 0 Å². The number of likely N-dealkylation sites (tertiary alicyclic amines) is 1. The summed E-state index contributed by atoms with van der Waals surface area (Å²) >= 11 is 0. The van der Waals surface area contributed by atoms with Crippen molar-refractivity contribution in [2.75, 3.05) is 32.8 Å². The van der Waals surface area contributed by atoms with Gasteiger partial charge in [0.2, 0.25) is 0 Å². The first-order valence-corrected chi connectivity index (χ1v) is 8.86. The number of nitrogens with one attached hydrogen (secondary N) is 1. The first-order chi connectivity index (χ1) is 11.2. The van der Waals surface area contributed by atoms with E-state index in [0.717, 1.165) is 57.9 Å². The molecule has 2 heterocycles. The molecular formula is C19H28N2O2. The minimum Gasteiger partial charge on any atom is -0.381 e. The molecule has 0 spiro atoms. The maximum absolute atomic E-state index is 12.5. The molecule has 0 bridgehead atoms. The molecule has 4 heteroatoms. The summed E-state index contributed by atoms with van der Waals surface area (Å²) in [5.41, 5.74) is 1.33. The van der Waals surface area contributed by atoms with Gasteiger partial charge in [0.15, 0.2) is 0 Å². The average molecular weight is 316 g/mol. The van der Waals surface area contributed by atoms with Crippen molar-refractivity contribution in [2.24, 2.45) is 5.92 Å². The summed E-state index contributed by atoms with van der Waals surface area (Å²) in [7, 11) is 0. The Morgan fingerprint density at radius 2 is 1.87 bits per heavy atom. The van der Waals surface area contributed by atoms with Crippen molar-refractivity contribution in [2.45, 2.75) is 38.0 Å². The number of carbonyl (C=O) groups excluding carboxylic acids is 1. The van der Waals surface area contributed by atoms with E-state index in [1.165, 1.54) is 5.56 Å². The topological polar surface area (TPSA) is 41.6 Å². The van der Waals surface area contributed by atoms with Crippen molar-refractivity contribution in [3.63, 3.8) is 0 Å². The van der Waals surface area contributed by atoms with E-state index in [2.05, 4.69) is 36.5 Å². The molecule has 0 saturated carbocycles. The predicted molar refractivity (Wildman–Crippen MR) is 91.5 cm³/mol. The Bertz CT molecular complexity index is 503. The van der Waals surface area contributed by atoms with Gasteiger partial charge in [0.05, 0.1) is 0 Å². The van der Waals surface area contributed by atoms with E-state index in [1.54, 1.807) is 0 Å². The van der Waals surface area contributed by atoms with Crippen LogP contribution in [0.25, 0.3) is 0 Å². The first kappa shape index (κ1) is 16.3. The average Bonchev–Trinajstić information content (AvgIpc) is 2.62. The zero-order valence-electron chi connectivity index (χ0n) is 14.1. The van der Waals surface area contributed by atoms with Crippen LogP contribution in [0.3, 0.4) is 0 Å². The number of amides is 2. The van der Waals surface area contributed by atoms with E-state index in [9.17, 15) is 4.79 Å². The molecule has 0 aromatic heterocycles. The molecule has 23 heavy (non-hydrogen) atoms. The quantitative estimate of drug-likeness (QED) is 0.930. The highest BCUT2D eigenvalue weighted by Crippen LogP contribution is 2.34. The third kappa shape index (κ3) is 3.86. The highest BCUT2D eigenvalue weighted by Gasteiger charge is 2.35. The van der Waals surface area contributed by atoms with Crippen molar-refractivity contribution in [1.82, 2.24) is 10.2 Å². The maximum Gasteiger partial charge on any atom is 0.317 e. The fraction of sp³-hybridized carbons (Fsp3) is 0.632. The van der Waals surface area contributed by atoms with E-state index in [0.29, 0.717) is 6.54 Å². The zero-order valence-corrected chi connectivity index (χ0v) is 14.1. The van der Waals surface area contributed by atoms with Crippen LogP contribution in [-0.4, -0.2) is 43.8 Å². The number of hydrogen-bond donors (Lipinski definition) is 1. The summed E-state index contributed by atoms with van der Waals surface area (Å²) in [4.78, 5) is 14.5. The number of piperidine rings is 1. The molecule has 0 unspecified atom stereocenters. The molecule has 4 nitrogen and oxygen atoms in total. The number of carbonyl (C=O) groups is 1. The van der Waals surface area contributed by atoms with Gasteiger partial charge in [-0.2, -0.15) is 0 Å². The number of ether oxygens (including phenoxy) is 1. The van der Waals surface area contributed by atoms with Gasteiger partial charge in [-0.3, -0.25) is 0 Å². The van der Waals surface area contributed by atoms with Gasteiger partial charge >= 0.3 is 6.03 Å². The summed E-state index contributed by atoms with van der Waals surface area (Å²) in [6.07, 6.45) is 4.17. The van der Waals surface area contributed by atoms with Crippen LogP contribution in [0.1, 0.15) is 38.2 Å². The Hall–Kier alpha value is -1.55. The first-order valence-electron chi connectivity index (χ1n) is 8.86. The molecule has 126 valence electrons. The van der Waals surface area contributed by atoms with Crippen molar-refractivity contribution in [1.29, 1.82) is 0 Å². The van der Waals surface area contributed by atoms with Gasteiger partial charge in [0.25, 0.3) is 0 Å². The van der Waals surface area contributed by atoms with Gasteiger partial charge in [-0.1, -0.05) is 37.3 Å². The second kappa shape index (κ2) is 7.35. The molecule has 1 aromatic rings. The highest BCUT2D eigenvalue weighted by atomic mass is 16.5. The lowest BCUT2D eigenvalue weighted by atomic mass is 9.74. The molecule has 1 aromatic carbocycles. The Morgan fingerprint density at radius 3 is 2.52 bits per heavy atom. The van der Waals surface area contributed by atoms with Crippen molar-refractivity contribution < 1.29 is 9.53 Å². The molecule has 2 saturated heterocycles. The fourth-order valence-corrected chi connectivity index (χ4v) is 3.69. The number of urea groups is 1. The van der Waals surface area contributed by atoms with Gasteiger partial charge in [-0.25, -0.2) is 4.79 Å². The lowest BCUT2D eigenvalue weighted by Crippen LogP contribution is -2.50. The molecule has 3 rings (SSSR count). The van der Waals surface area contributed by atoms with E-state index >= 15 is 0 Å². The monoisotopic (exact) mass is 316 g/mol. The SMILES string of the molecule is CC1CCN(C(=O)NCC2(c3ccccc3)CCOCC2)CC1. The predicted octanol–water partition coefficient (Wildman–Crippen LogP) is 3.18. The Kier molecular flexibility index (Phi) is 5.21. The smallest absolute Gasteiger partial charge is 0.317 e. The Morgan fingerprint density at radius 1 is 1.22 bits per heavy atom. The minimum absolute atomic E-state index is 0.0122. The molecule has 1 N–H and O–H groups in total. The van der Waals surface area contributed by atoms with Crippen LogP contribution in [0, 0.1) is 5.92 Å². The molecule has 0 atom stereocenters. The third-order valence-electron chi connectivity index (χ3n) is 5.48. The zero-order chi connectivity index (χ0) is 16.1. The van der Waals surface area contributed by atoms with Gasteiger partial charge < -0.3 is 15.0 Å². The van der Waals surface area contributed by atoms with Crippen LogP contribution in [0.5, 0.6) is 0 Å². The summed E-state index contributed by atoms with van der Waals surface area (Å²) in [6.45, 7) is 6.27. The normalized spacial score (nSPS) is 21.9. The Labute approximate surface area is 139 Å². The lowest BCUT2D eigenvalue weighted by Gasteiger charge is -2.39. The molecular weight excluding hydrogens is 288 g/mol. The molecule has 2 amide bonds. The van der Waals surface area contributed by atoms with Gasteiger partial charge in [-0.05, 0) is 37.2 Å². The molecule has 2 aliphatic heterocycles. The Balaban J connectivity index is 1.64. The number of hydrogen-bond acceptors (Lipinski definition) is 2. The van der Waals surface area contributed by atoms with Crippen LogP contribution in [0.2, 0.25) is 0 Å². The van der Waals surface area contributed by atoms with Crippen LogP contribution < -0.4 is 5.32 Å². The van der Waals surface area contributed by atoms with Crippen molar-refractivity contribution in [3.05, 3.63) is 35.9 Å². The summed E-state index contributed by atoms with van der Waals surface area (Å²) in [6, 6.07) is 10.7. The molecule has 2 aliphatic rings. The third-order valence-corrected chi connectivity index (χ3v) is 5.48. The van der Waals surface area contributed by atoms with E-state index < -0.39 is 0 Å². The summed E-state index contributed by atoms with van der Waals surface area (Å²) in [5, 5.41) is 3.21. The van der Waals surface area contributed by atoms with Crippen LogP contribution >= 0.6 is 0 Å². The second-order valence-electron chi connectivity index (χ2n) is 7.09. The van der Waals surface area contributed by atoms with Gasteiger partial charge in [0, 0.05) is 38.3 Å². The van der Waals surface area contributed by atoms with Crippen LogP contribution in [0.15, 0.2) is 30.3 Å². The van der Waals surface area contributed by atoms with Gasteiger partial charge in [-0.15, -0.1) is 0 Å². The summed E-state index contributed by atoms with van der Waals surface area (Å²) < 4.78 is 5.56. The van der Waals surface area contributed by atoms with E-state index in [-0.39, 0.29) is 11.4 Å². The fourth-order valence-electron chi connectivity index (χ4n) is 3.69. The van der Waals surface area contributed by atoms with Crippen molar-refractivity contribution >= 4 is 6.03 Å². The molecule has 0 aliphatic carbocycles. The lowest BCUT2D eigenvalue weighted by molar-refractivity contribution is 0.0499.